The number of rotatable bonds is 27. The summed E-state index contributed by atoms with van der Waals surface area (Å²) in [5.41, 5.74) is 7.87. The van der Waals surface area contributed by atoms with Crippen LogP contribution < -0.4 is 21.3 Å². The van der Waals surface area contributed by atoms with E-state index < -0.39 is 61.9 Å². The van der Waals surface area contributed by atoms with Gasteiger partial charge in [-0.2, -0.15) is 0 Å². The van der Waals surface area contributed by atoms with Crippen molar-refractivity contribution in [2.45, 2.75) is 85.4 Å². The number of benzene rings is 3. The van der Waals surface area contributed by atoms with Crippen LogP contribution in [0.4, 0.5) is 9.59 Å². The number of carboxylic acids is 1. The van der Waals surface area contributed by atoms with E-state index in [9.17, 15) is 24.0 Å². The first-order chi connectivity index (χ1) is 35.7. The van der Waals surface area contributed by atoms with Gasteiger partial charge in [-0.15, -0.1) is 0 Å². The number of carbonyl (C=O) groups excluding carboxylic acids is 4. The van der Waals surface area contributed by atoms with Crippen LogP contribution in [0.5, 0.6) is 0 Å². The maximum absolute atomic E-state index is 14.1. The summed E-state index contributed by atoms with van der Waals surface area (Å²) < 4.78 is 52.5. The van der Waals surface area contributed by atoms with Gasteiger partial charge in [0.05, 0.1) is 44.4 Å². The van der Waals surface area contributed by atoms with Gasteiger partial charge in [0, 0.05) is 75.5 Å². The monoisotopic (exact) mass is 1020 g/mol. The zero-order valence-corrected chi connectivity index (χ0v) is 42.6. The molecule has 4 amide bonds. The summed E-state index contributed by atoms with van der Waals surface area (Å²) in [6.45, 7) is 12.8. The van der Waals surface area contributed by atoms with Gasteiger partial charge in [0.1, 0.15) is 49.7 Å². The van der Waals surface area contributed by atoms with E-state index in [1.807, 2.05) is 57.2 Å². The van der Waals surface area contributed by atoms with E-state index in [0.717, 1.165) is 55.3 Å². The van der Waals surface area contributed by atoms with Crippen LogP contribution in [0, 0.1) is 20.8 Å². The van der Waals surface area contributed by atoms with E-state index in [-0.39, 0.29) is 32.4 Å². The maximum Gasteiger partial charge on any atom is 0.407 e. The Labute approximate surface area is 427 Å². The summed E-state index contributed by atoms with van der Waals surface area (Å²) in [7, 11) is 1.69. The second kappa shape index (κ2) is 27.6. The van der Waals surface area contributed by atoms with Crippen LogP contribution in [0.25, 0.3) is 33.4 Å². The van der Waals surface area contributed by atoms with Gasteiger partial charge in [-0.1, -0.05) is 18.2 Å². The molecule has 0 spiro atoms. The molecule has 73 heavy (non-hydrogen) atoms. The molecule has 1 aliphatic carbocycles. The molecule has 20 nitrogen and oxygen atoms in total. The first-order valence-corrected chi connectivity index (χ1v) is 24.6. The first kappa shape index (κ1) is 54.4. The van der Waals surface area contributed by atoms with Crippen LogP contribution in [-0.4, -0.2) is 162 Å². The normalized spacial score (nSPS) is 18.1. The van der Waals surface area contributed by atoms with Crippen molar-refractivity contribution in [1.29, 1.82) is 0 Å². The number of ether oxygens (including phenoxy) is 7. The van der Waals surface area contributed by atoms with Crippen molar-refractivity contribution in [2.75, 3.05) is 92.7 Å². The third-order valence-electron chi connectivity index (χ3n) is 12.2. The highest BCUT2D eigenvalue weighted by molar-refractivity contribution is 6.09. The van der Waals surface area contributed by atoms with Crippen molar-refractivity contribution in [1.82, 2.24) is 25.8 Å². The number of esters is 1. The summed E-state index contributed by atoms with van der Waals surface area (Å²) >= 11 is 0. The van der Waals surface area contributed by atoms with Gasteiger partial charge in [0.2, 0.25) is 0 Å². The predicted molar refractivity (Wildman–Crippen MR) is 270 cm³/mol. The summed E-state index contributed by atoms with van der Waals surface area (Å²) in [5.74, 6) is -1.51. The molecule has 3 aliphatic heterocycles. The lowest BCUT2D eigenvalue weighted by Gasteiger charge is -2.34. The Bertz CT molecular complexity index is 2640. The molecule has 3 heterocycles. The van der Waals surface area contributed by atoms with Crippen molar-refractivity contribution in [3.05, 3.63) is 87.9 Å². The lowest BCUT2D eigenvalue weighted by molar-refractivity contribution is -0.159. The van der Waals surface area contributed by atoms with E-state index in [1.54, 1.807) is 18.1 Å². The van der Waals surface area contributed by atoms with Gasteiger partial charge in [0.15, 0.2) is 0 Å². The second-order valence-electron chi connectivity index (χ2n) is 17.8. The topological polar surface area (TPSA) is 238 Å². The van der Waals surface area contributed by atoms with Crippen LogP contribution in [-0.2, 0) is 42.7 Å². The summed E-state index contributed by atoms with van der Waals surface area (Å²) in [6.07, 6.45) is -0.249. The lowest BCUT2D eigenvalue weighted by Crippen LogP contribution is -2.56. The fourth-order valence-corrected chi connectivity index (χ4v) is 8.28. The SMILES string of the molecule is [2H]CC1OC(N2C=C(C)C(NCCCOCCOCCOCCCNC(=O)OCCN(C)C(=O)c3ccccc3-c3c4cc(C)/c(=N/CC)cc-4oc4cc(C)c(C)cc34)NC2=O)CC1OC(=O)COCC(=O)O. The van der Waals surface area contributed by atoms with Crippen LogP contribution in [0.15, 0.2) is 69.7 Å². The Hall–Kier alpha value is -6.42. The molecule has 20 heteroatoms. The minimum absolute atomic E-state index is 0.0102. The third-order valence-corrected chi connectivity index (χ3v) is 12.2. The summed E-state index contributed by atoms with van der Waals surface area (Å²) in [4.78, 5) is 69.8. The molecule has 0 saturated carbocycles. The number of aliphatic carboxylic acids is 1. The zero-order valence-electron chi connectivity index (χ0n) is 43.6. The molecule has 0 bridgehead atoms. The predicted octanol–water partition coefficient (Wildman–Crippen LogP) is 5.67. The van der Waals surface area contributed by atoms with Gasteiger partial charge in [0.25, 0.3) is 5.91 Å². The number of carboxylic acid groups (broad SMARTS) is 1. The number of amides is 4. The highest BCUT2D eigenvalue weighted by atomic mass is 16.6. The molecular formula is C53H70N6O14. The van der Waals surface area contributed by atoms with Gasteiger partial charge in [-0.05, 0) is 113 Å². The van der Waals surface area contributed by atoms with E-state index >= 15 is 0 Å². The van der Waals surface area contributed by atoms with Crippen LogP contribution in [0.1, 0.15) is 68.4 Å². The Kier molecular flexibility index (Phi) is 20.5. The molecule has 1 saturated heterocycles. The average Bonchev–Trinajstić information content (AvgIpc) is 3.77. The molecule has 4 aliphatic rings. The molecule has 0 radical (unpaired) electrons. The minimum Gasteiger partial charge on any atom is -0.480 e. The van der Waals surface area contributed by atoms with E-state index in [4.69, 9.17) is 44.1 Å². The zero-order chi connectivity index (χ0) is 53.1. The second-order valence-corrected chi connectivity index (χ2v) is 17.8. The Morgan fingerprint density at radius 1 is 0.890 bits per heavy atom. The van der Waals surface area contributed by atoms with Crippen molar-refractivity contribution in [3.63, 3.8) is 0 Å². The highest BCUT2D eigenvalue weighted by Gasteiger charge is 2.41. The van der Waals surface area contributed by atoms with Gasteiger partial charge in [-0.3, -0.25) is 20.0 Å². The maximum atomic E-state index is 14.1. The number of likely N-dealkylation sites (N-methyl/N-ethyl adjacent to an activating group) is 1. The Morgan fingerprint density at radius 3 is 2.33 bits per heavy atom. The summed E-state index contributed by atoms with van der Waals surface area (Å²) in [6, 6.07) is 15.4. The molecule has 6 rings (SSSR count). The minimum atomic E-state index is -1.22. The molecular weight excluding hydrogens is 945 g/mol. The summed E-state index contributed by atoms with van der Waals surface area (Å²) in [5, 5.41) is 19.4. The van der Waals surface area contributed by atoms with E-state index in [1.165, 1.54) is 4.90 Å². The average molecular weight is 1020 g/mol. The molecule has 0 aromatic heterocycles. The lowest BCUT2D eigenvalue weighted by atomic mass is 9.88. The van der Waals surface area contributed by atoms with Crippen molar-refractivity contribution >= 4 is 40.9 Å². The Morgan fingerprint density at radius 2 is 1.60 bits per heavy atom. The van der Waals surface area contributed by atoms with Crippen molar-refractivity contribution in [3.8, 4) is 22.5 Å². The molecule has 4 unspecified atom stereocenters. The molecule has 396 valence electrons. The Balaban J connectivity index is 0.805. The fraction of sp³-hybridized carbons (Fsp3) is 0.509. The number of urea groups is 1. The van der Waals surface area contributed by atoms with E-state index in [0.29, 0.717) is 83.4 Å². The first-order valence-electron chi connectivity index (χ1n) is 25.3. The number of nitrogens with one attached hydrogen (secondary N) is 3. The molecule has 4 N–H and O–H groups in total. The smallest absolute Gasteiger partial charge is 0.407 e. The number of aryl methyl sites for hydroxylation is 3. The number of alkyl carbamates (subject to hydrolysis) is 1. The molecule has 4 atom stereocenters. The number of nitrogens with zero attached hydrogens (tertiary/aromatic N) is 3. The van der Waals surface area contributed by atoms with Gasteiger partial charge in [-0.25, -0.2) is 19.2 Å². The van der Waals surface area contributed by atoms with Gasteiger partial charge >= 0.3 is 24.1 Å². The standard InChI is InChI=1S/C53H70N6O14/c1-8-54-42-28-45-41(26-35(42)4)49(40-25-33(2)34(3)27-44(40)72-45)38-13-9-10-14-39(38)51(63)58(7)17-20-70-53(65)56-16-12-19-67-22-24-68-23-21-66-18-11-15-55-50-36(5)30-59(52(64)57-50)46-29-43(37(6)71-46)73-48(62)32-69-31-47(60)61/h9-10,13-14,25-28,30,37,43,46,50,55H,8,11-12,15-24,29,31-32H2,1-7H3,(H,56,65)(H,57,64)(H,60,61)/b54-42+/i6D. The van der Waals surface area contributed by atoms with Crippen molar-refractivity contribution in [2.24, 2.45) is 4.99 Å². The molecule has 1 fully saturated rings. The quantitative estimate of drug-likeness (QED) is 0.0320. The van der Waals surface area contributed by atoms with Gasteiger partial charge < -0.3 is 58.2 Å². The van der Waals surface area contributed by atoms with Crippen molar-refractivity contribution < 1.29 is 68.0 Å². The fourth-order valence-electron chi connectivity index (χ4n) is 8.28. The number of carbonyl (C=O) groups is 5. The number of hydrogen-bond donors (Lipinski definition) is 4. The van der Waals surface area contributed by atoms with Crippen LogP contribution in [0.2, 0.25) is 0 Å². The van der Waals surface area contributed by atoms with E-state index in [2.05, 4.69) is 46.9 Å². The molecule has 2 aromatic carbocycles. The number of fused-ring (bicyclic) bond motifs is 2. The van der Waals surface area contributed by atoms with Crippen LogP contribution in [0.3, 0.4) is 0 Å². The third kappa shape index (κ3) is 15.8. The molecule has 2 aromatic rings. The highest BCUT2D eigenvalue weighted by Crippen LogP contribution is 2.42. The number of hydrogen-bond acceptors (Lipinski definition) is 15. The van der Waals surface area contributed by atoms with Crippen LogP contribution >= 0.6 is 0 Å². The largest absolute Gasteiger partial charge is 0.480 e.